The molecule has 0 saturated heterocycles. The number of aliphatic hydroxyl groups is 2. The van der Waals surface area contributed by atoms with Crippen molar-refractivity contribution in [3.8, 4) is 0 Å². The van der Waals surface area contributed by atoms with Gasteiger partial charge in [-0.25, -0.2) is 4.79 Å². The molecular weight excluding hydrogens is 402 g/mol. The lowest BCUT2D eigenvalue weighted by Crippen LogP contribution is -2.44. The lowest BCUT2D eigenvalue weighted by molar-refractivity contribution is -0.147. The number of hydrogen-bond acceptors (Lipinski definition) is 8. The maximum atomic E-state index is 12.2. The van der Waals surface area contributed by atoms with Gasteiger partial charge in [-0.05, 0) is 12.5 Å². The second-order valence-electron chi connectivity index (χ2n) is 6.24. The lowest BCUT2D eigenvalue weighted by atomic mass is 10.1. The highest BCUT2D eigenvalue weighted by Gasteiger charge is 2.22. The normalized spacial score (nSPS) is 13.2. The Morgan fingerprint density at radius 2 is 1.75 bits per heavy atom. The molecule has 0 rings (SSSR count). The third-order valence-corrected chi connectivity index (χ3v) is 5.42. The van der Waals surface area contributed by atoms with E-state index in [0.717, 1.165) is 48.9 Å². The summed E-state index contributed by atoms with van der Waals surface area (Å²) in [5.74, 6) is -1.03. The Morgan fingerprint density at radius 3 is 2.36 bits per heavy atom. The highest BCUT2D eigenvalue weighted by Crippen LogP contribution is 2.10. The van der Waals surface area contributed by atoms with Gasteiger partial charge in [-0.15, -0.1) is 11.8 Å². The van der Waals surface area contributed by atoms with E-state index in [1.807, 2.05) is 0 Å². The van der Waals surface area contributed by atoms with Crippen molar-refractivity contribution in [3.05, 3.63) is 12.3 Å². The Labute approximate surface area is 176 Å². The van der Waals surface area contributed by atoms with E-state index in [2.05, 4.69) is 12.2 Å². The second kappa shape index (κ2) is 19.1. The van der Waals surface area contributed by atoms with E-state index in [1.165, 1.54) is 32.1 Å². The third-order valence-electron chi connectivity index (χ3n) is 3.83. The fraction of sp³-hybridized carbons (Fsp3) is 0.737. The topological polar surface area (TPSA) is 113 Å². The van der Waals surface area contributed by atoms with Crippen molar-refractivity contribution in [1.82, 2.24) is 5.32 Å². The number of hydrogen-bond donors (Lipinski definition) is 3. The first kappa shape index (κ1) is 26.8. The van der Waals surface area contributed by atoms with Gasteiger partial charge in [0.25, 0.3) is 0 Å². The minimum Gasteiger partial charge on any atom is -0.516 e. The van der Waals surface area contributed by atoms with Crippen LogP contribution in [0.25, 0.3) is 0 Å². The fourth-order valence-corrected chi connectivity index (χ4v) is 3.42. The number of unbranched alkanes of at least 4 members (excludes halogenated alkanes) is 7. The maximum Gasteiger partial charge on any atom is 0.329 e. The molecular formula is C19H33NO6S2. The first-order chi connectivity index (χ1) is 13.5. The van der Waals surface area contributed by atoms with Gasteiger partial charge in [0.05, 0.1) is 18.6 Å². The molecule has 9 heteroatoms. The number of ether oxygens (including phenoxy) is 1. The van der Waals surface area contributed by atoms with Gasteiger partial charge < -0.3 is 20.3 Å². The number of nitrogens with one attached hydrogen (secondary N) is 1. The van der Waals surface area contributed by atoms with Crippen molar-refractivity contribution in [3.63, 3.8) is 0 Å². The number of amides is 1. The molecule has 2 unspecified atom stereocenters. The summed E-state index contributed by atoms with van der Waals surface area (Å²) < 4.78 is 5.23. The molecule has 162 valence electrons. The summed E-state index contributed by atoms with van der Waals surface area (Å²) in [6, 6.07) is -0.914. The molecule has 28 heavy (non-hydrogen) atoms. The van der Waals surface area contributed by atoms with Gasteiger partial charge in [-0.2, -0.15) is 0 Å². The minimum atomic E-state index is -1.02. The van der Waals surface area contributed by atoms with Gasteiger partial charge in [0.2, 0.25) is 5.91 Å². The van der Waals surface area contributed by atoms with Gasteiger partial charge in [0, 0.05) is 5.75 Å². The smallest absolute Gasteiger partial charge is 0.329 e. The molecule has 2 atom stereocenters. The molecule has 3 N–H and O–H groups in total. The zero-order valence-electron chi connectivity index (χ0n) is 16.5. The molecule has 1 amide bonds. The Bertz CT molecular complexity index is 462. The highest BCUT2D eigenvalue weighted by molar-refractivity contribution is 8.11. The molecule has 0 radical (unpaired) electrons. The van der Waals surface area contributed by atoms with Crippen molar-refractivity contribution in [1.29, 1.82) is 0 Å². The summed E-state index contributed by atoms with van der Waals surface area (Å²) in [5, 5.41) is 20.5. The first-order valence-electron chi connectivity index (χ1n) is 9.66. The van der Waals surface area contributed by atoms with E-state index in [4.69, 9.17) is 9.84 Å². The van der Waals surface area contributed by atoms with Crippen molar-refractivity contribution in [2.24, 2.45) is 0 Å². The summed E-state index contributed by atoms with van der Waals surface area (Å²) in [4.78, 5) is 34.6. The number of carbonyl (C=O) groups excluding carboxylic acids is 3. The number of rotatable bonds is 18. The summed E-state index contributed by atoms with van der Waals surface area (Å²) in [7, 11) is 0. The molecule has 0 aromatic heterocycles. The predicted octanol–water partition coefficient (Wildman–Crippen LogP) is 3.20. The van der Waals surface area contributed by atoms with Crippen LogP contribution in [-0.2, 0) is 19.1 Å². The summed E-state index contributed by atoms with van der Waals surface area (Å²) in [5.41, 5.74) is -0.414. The van der Waals surface area contributed by atoms with Crippen LogP contribution in [0.1, 0.15) is 58.3 Å². The number of thioether (sulfide) groups is 2. The molecule has 0 heterocycles. The molecule has 7 nitrogen and oxygen atoms in total. The van der Waals surface area contributed by atoms with Crippen LogP contribution in [0.5, 0.6) is 0 Å². The Morgan fingerprint density at radius 1 is 1.11 bits per heavy atom. The van der Waals surface area contributed by atoms with Crippen molar-refractivity contribution < 1.29 is 29.3 Å². The van der Waals surface area contributed by atoms with Gasteiger partial charge in [-0.1, -0.05) is 63.6 Å². The second-order valence-corrected chi connectivity index (χ2v) is 8.20. The molecule has 0 fully saturated rings. The van der Waals surface area contributed by atoms with Crippen LogP contribution >= 0.6 is 23.5 Å². The van der Waals surface area contributed by atoms with E-state index in [1.54, 1.807) is 0 Å². The van der Waals surface area contributed by atoms with Gasteiger partial charge in [0.15, 0.2) is 5.62 Å². The number of aliphatic hydroxyl groups excluding tert-OH is 2. The first-order valence-corrected chi connectivity index (χ1v) is 11.8. The molecule has 0 spiro atoms. The number of carbonyl (C=O) groups is 3. The van der Waals surface area contributed by atoms with E-state index < -0.39 is 23.4 Å². The molecule has 0 aliphatic rings. The molecule has 0 bridgehead atoms. The van der Waals surface area contributed by atoms with Crippen LogP contribution in [0.15, 0.2) is 12.3 Å². The van der Waals surface area contributed by atoms with Crippen LogP contribution in [-0.4, -0.2) is 57.3 Å². The molecule has 0 aliphatic carbocycles. The van der Waals surface area contributed by atoms with Crippen LogP contribution in [0.2, 0.25) is 0 Å². The fourth-order valence-electron chi connectivity index (χ4n) is 2.34. The highest BCUT2D eigenvalue weighted by atomic mass is 32.2. The van der Waals surface area contributed by atoms with Crippen LogP contribution in [0.4, 0.5) is 0 Å². The molecule has 0 saturated carbocycles. The zero-order chi connectivity index (χ0) is 21.0. The van der Waals surface area contributed by atoms with Crippen molar-refractivity contribution in [2.75, 3.05) is 18.1 Å². The predicted molar refractivity (Wildman–Crippen MR) is 115 cm³/mol. The van der Waals surface area contributed by atoms with E-state index in [-0.39, 0.29) is 11.5 Å². The van der Waals surface area contributed by atoms with E-state index in [0.29, 0.717) is 18.5 Å². The average molecular weight is 436 g/mol. The van der Waals surface area contributed by atoms with Gasteiger partial charge in [-0.3, -0.25) is 9.59 Å². The minimum absolute atomic E-state index is 0.0925. The van der Waals surface area contributed by atoms with Gasteiger partial charge >= 0.3 is 5.97 Å². The SMILES string of the molecule is CCCCCCCCCCOC(=O)C(CSC=O)NC(=O)CSC(O)C=CO. The maximum absolute atomic E-state index is 12.2. The quantitative estimate of drug-likeness (QED) is 0.0989. The van der Waals surface area contributed by atoms with Crippen LogP contribution in [0.3, 0.4) is 0 Å². The summed E-state index contributed by atoms with van der Waals surface area (Å²) in [6.07, 6.45) is 10.9. The summed E-state index contributed by atoms with van der Waals surface area (Å²) >= 11 is 1.77. The molecule has 0 aromatic rings. The largest absolute Gasteiger partial charge is 0.516 e. The standard InChI is InChI=1S/C19H33NO6S2/c1-2-3-4-5-6-7-8-9-12-26-19(25)16(13-27-15-22)20-17(23)14-28-18(24)10-11-21/h10-11,15-16,18,21,24H,2-9,12-14H2,1H3,(H,20,23). The summed E-state index contributed by atoms with van der Waals surface area (Å²) in [6.45, 7) is 2.48. The van der Waals surface area contributed by atoms with Crippen molar-refractivity contribution in [2.45, 2.75) is 69.8 Å². The Balaban J connectivity index is 4.10. The average Bonchev–Trinajstić information content (AvgIpc) is 2.68. The number of esters is 1. The van der Waals surface area contributed by atoms with E-state index >= 15 is 0 Å². The third kappa shape index (κ3) is 15.8. The lowest BCUT2D eigenvalue weighted by Gasteiger charge is -2.16. The van der Waals surface area contributed by atoms with Crippen LogP contribution in [0, 0.1) is 0 Å². The van der Waals surface area contributed by atoms with Crippen molar-refractivity contribution >= 4 is 41.0 Å². The Hall–Kier alpha value is -1.19. The zero-order valence-corrected chi connectivity index (χ0v) is 18.1. The van der Waals surface area contributed by atoms with Crippen LogP contribution < -0.4 is 5.32 Å². The van der Waals surface area contributed by atoms with Gasteiger partial charge in [0.1, 0.15) is 11.5 Å². The van der Waals surface area contributed by atoms with E-state index in [9.17, 15) is 19.5 Å². The Kier molecular flexibility index (Phi) is 18.3. The molecule has 0 aliphatic heterocycles. The molecule has 0 aromatic carbocycles. The monoisotopic (exact) mass is 435 g/mol.